The Labute approximate surface area is 131 Å². The molecule has 1 amide bonds. The minimum atomic E-state index is -1.39. The van der Waals surface area contributed by atoms with Gasteiger partial charge in [-0.1, -0.05) is 12.1 Å². The zero-order valence-electron chi connectivity index (χ0n) is 12.0. The molecule has 2 rings (SSSR count). The van der Waals surface area contributed by atoms with E-state index in [2.05, 4.69) is 10.3 Å². The molecule has 1 atom stereocenters. The first-order chi connectivity index (χ1) is 10.6. The van der Waals surface area contributed by atoms with Gasteiger partial charge in [0.2, 0.25) is 11.7 Å². The third-order valence-corrected chi connectivity index (χ3v) is 3.87. The minimum absolute atomic E-state index is 0.0982. The third-order valence-electron chi connectivity index (χ3n) is 2.99. The van der Waals surface area contributed by atoms with E-state index in [9.17, 15) is 9.59 Å². The van der Waals surface area contributed by atoms with Crippen molar-refractivity contribution in [1.82, 2.24) is 10.3 Å². The second kappa shape index (κ2) is 6.83. The SMILES string of the molecule is CNC(=O)[C@H](C#N)C(=O)c1csc(-c2ccccc2OC)n1. The summed E-state index contributed by atoms with van der Waals surface area (Å²) in [6.45, 7) is 0. The molecule has 112 valence electrons. The summed E-state index contributed by atoms with van der Waals surface area (Å²) < 4.78 is 5.26. The average molecular weight is 315 g/mol. The molecule has 1 N–H and O–H groups in total. The van der Waals surface area contributed by atoms with Gasteiger partial charge in [-0.15, -0.1) is 11.3 Å². The number of rotatable bonds is 5. The van der Waals surface area contributed by atoms with Crippen molar-refractivity contribution < 1.29 is 14.3 Å². The molecular formula is C15H13N3O3S. The lowest BCUT2D eigenvalue weighted by atomic mass is 10.0. The number of amides is 1. The number of para-hydroxylation sites is 1. The van der Waals surface area contributed by atoms with Crippen LogP contribution in [0.1, 0.15) is 10.5 Å². The molecule has 0 radical (unpaired) electrons. The summed E-state index contributed by atoms with van der Waals surface area (Å²) in [5, 5.41) is 13.4. The van der Waals surface area contributed by atoms with E-state index in [0.717, 1.165) is 5.56 Å². The summed E-state index contributed by atoms with van der Waals surface area (Å²) in [7, 11) is 2.93. The third kappa shape index (κ3) is 2.97. The number of hydrogen-bond donors (Lipinski definition) is 1. The highest BCUT2D eigenvalue weighted by molar-refractivity contribution is 7.13. The predicted octanol–water partition coefficient (Wildman–Crippen LogP) is 1.89. The standard InChI is InChI=1S/C15H13N3O3S/c1-17-14(20)10(7-16)13(19)11-8-22-15(18-11)9-5-3-4-6-12(9)21-2/h3-6,8,10H,1-2H3,(H,17,20)/t10-/m1/s1. The lowest BCUT2D eigenvalue weighted by Crippen LogP contribution is -2.32. The van der Waals surface area contributed by atoms with Gasteiger partial charge in [0.1, 0.15) is 16.5 Å². The molecule has 1 aromatic carbocycles. The minimum Gasteiger partial charge on any atom is -0.496 e. The van der Waals surface area contributed by atoms with E-state index in [0.29, 0.717) is 10.8 Å². The number of ketones is 1. The van der Waals surface area contributed by atoms with E-state index in [4.69, 9.17) is 10.00 Å². The Morgan fingerprint density at radius 2 is 2.14 bits per heavy atom. The molecule has 0 aliphatic carbocycles. The fourth-order valence-corrected chi connectivity index (χ4v) is 2.70. The van der Waals surface area contributed by atoms with Gasteiger partial charge in [0.05, 0.1) is 18.7 Å². The zero-order chi connectivity index (χ0) is 16.1. The Kier molecular flexibility index (Phi) is 4.86. The fourth-order valence-electron chi connectivity index (χ4n) is 1.86. The average Bonchev–Trinajstić information content (AvgIpc) is 3.04. The van der Waals surface area contributed by atoms with Gasteiger partial charge >= 0.3 is 0 Å². The number of ether oxygens (including phenoxy) is 1. The van der Waals surface area contributed by atoms with Crippen LogP contribution in [0.4, 0.5) is 0 Å². The molecule has 1 heterocycles. The highest BCUT2D eigenvalue weighted by atomic mass is 32.1. The summed E-state index contributed by atoms with van der Waals surface area (Å²) >= 11 is 1.25. The molecule has 0 aliphatic rings. The molecule has 1 aromatic heterocycles. The van der Waals surface area contributed by atoms with Crippen LogP contribution in [0.15, 0.2) is 29.6 Å². The van der Waals surface area contributed by atoms with Gasteiger partial charge in [0.25, 0.3) is 0 Å². The molecule has 0 fully saturated rings. The van der Waals surface area contributed by atoms with Crippen LogP contribution in [0.2, 0.25) is 0 Å². The van der Waals surface area contributed by atoms with Crippen molar-refractivity contribution in [2.45, 2.75) is 0 Å². The maximum Gasteiger partial charge on any atom is 0.245 e. The van der Waals surface area contributed by atoms with Crippen molar-refractivity contribution in [2.75, 3.05) is 14.2 Å². The quantitative estimate of drug-likeness (QED) is 0.672. The lowest BCUT2D eigenvalue weighted by molar-refractivity contribution is -0.121. The number of aromatic nitrogens is 1. The molecule has 6 nitrogen and oxygen atoms in total. The van der Waals surface area contributed by atoms with E-state index in [1.807, 2.05) is 18.2 Å². The van der Waals surface area contributed by atoms with Gasteiger partial charge < -0.3 is 10.1 Å². The van der Waals surface area contributed by atoms with E-state index in [1.165, 1.54) is 23.8 Å². The summed E-state index contributed by atoms with van der Waals surface area (Å²) in [6, 6.07) is 8.99. The topological polar surface area (TPSA) is 92.1 Å². The van der Waals surface area contributed by atoms with Gasteiger partial charge in [0.15, 0.2) is 5.92 Å². The van der Waals surface area contributed by atoms with Gasteiger partial charge in [-0.25, -0.2) is 4.98 Å². The van der Waals surface area contributed by atoms with Crippen molar-refractivity contribution in [3.63, 3.8) is 0 Å². The van der Waals surface area contributed by atoms with E-state index < -0.39 is 17.6 Å². The molecule has 2 aromatic rings. The first-order valence-electron chi connectivity index (χ1n) is 6.36. The van der Waals surface area contributed by atoms with Crippen LogP contribution >= 0.6 is 11.3 Å². The van der Waals surface area contributed by atoms with Crippen LogP contribution in [0, 0.1) is 17.2 Å². The summed E-state index contributed by atoms with van der Waals surface area (Å²) in [5.41, 5.74) is 0.851. The van der Waals surface area contributed by atoms with Crippen molar-refractivity contribution >= 4 is 23.0 Å². The van der Waals surface area contributed by atoms with Crippen molar-refractivity contribution in [2.24, 2.45) is 5.92 Å². The number of nitrogens with one attached hydrogen (secondary N) is 1. The maximum absolute atomic E-state index is 12.2. The van der Waals surface area contributed by atoms with Gasteiger partial charge in [-0.3, -0.25) is 9.59 Å². The molecule has 22 heavy (non-hydrogen) atoms. The fraction of sp³-hybridized carbons (Fsp3) is 0.200. The summed E-state index contributed by atoms with van der Waals surface area (Å²) in [6.07, 6.45) is 0. The first kappa shape index (κ1) is 15.7. The number of thiazole rings is 1. The molecule has 0 saturated heterocycles. The number of benzene rings is 1. The summed E-state index contributed by atoms with van der Waals surface area (Å²) in [5.74, 6) is -2.00. The van der Waals surface area contributed by atoms with E-state index in [-0.39, 0.29) is 5.69 Å². The normalized spacial score (nSPS) is 11.3. The van der Waals surface area contributed by atoms with E-state index in [1.54, 1.807) is 19.2 Å². The smallest absolute Gasteiger partial charge is 0.245 e. The molecule has 7 heteroatoms. The molecule has 0 aliphatic heterocycles. The van der Waals surface area contributed by atoms with E-state index >= 15 is 0 Å². The highest BCUT2D eigenvalue weighted by Gasteiger charge is 2.28. The number of carbonyl (C=O) groups is 2. The number of carbonyl (C=O) groups excluding carboxylic acids is 2. The number of methoxy groups -OCH3 is 1. The molecule has 0 spiro atoms. The Morgan fingerprint density at radius 3 is 2.77 bits per heavy atom. The van der Waals surface area contributed by atoms with Gasteiger partial charge in [-0.2, -0.15) is 5.26 Å². The van der Waals surface area contributed by atoms with Crippen LogP contribution in [0.5, 0.6) is 5.75 Å². The Morgan fingerprint density at radius 1 is 1.41 bits per heavy atom. The van der Waals surface area contributed by atoms with Crippen LogP contribution in [0.25, 0.3) is 10.6 Å². The number of Topliss-reactive ketones (excluding diaryl/α,β-unsaturated/α-hetero) is 1. The van der Waals surface area contributed by atoms with Gasteiger partial charge in [0, 0.05) is 12.4 Å². The first-order valence-corrected chi connectivity index (χ1v) is 7.24. The van der Waals surface area contributed by atoms with Gasteiger partial charge in [-0.05, 0) is 12.1 Å². The largest absolute Gasteiger partial charge is 0.496 e. The molecule has 0 unspecified atom stereocenters. The van der Waals surface area contributed by atoms with Crippen molar-refractivity contribution in [3.05, 3.63) is 35.3 Å². The number of nitriles is 1. The second-order valence-electron chi connectivity index (χ2n) is 4.28. The van der Waals surface area contributed by atoms with Crippen LogP contribution in [-0.4, -0.2) is 30.8 Å². The highest BCUT2D eigenvalue weighted by Crippen LogP contribution is 2.32. The molecule has 0 bridgehead atoms. The van der Waals surface area contributed by atoms with Crippen molar-refractivity contribution in [1.29, 1.82) is 5.26 Å². The maximum atomic E-state index is 12.2. The number of nitrogens with zero attached hydrogens (tertiary/aromatic N) is 2. The van der Waals surface area contributed by atoms with Crippen molar-refractivity contribution in [3.8, 4) is 22.4 Å². The Balaban J connectivity index is 2.34. The van der Waals surface area contributed by atoms with Crippen LogP contribution in [0.3, 0.4) is 0 Å². The predicted molar refractivity (Wildman–Crippen MR) is 81.6 cm³/mol. The zero-order valence-corrected chi connectivity index (χ0v) is 12.8. The number of hydrogen-bond acceptors (Lipinski definition) is 6. The molecule has 0 saturated carbocycles. The Bertz CT molecular complexity index is 748. The molecular weight excluding hydrogens is 302 g/mol. The van der Waals surface area contributed by atoms with Crippen LogP contribution < -0.4 is 10.1 Å². The summed E-state index contributed by atoms with van der Waals surface area (Å²) in [4.78, 5) is 28.0. The van der Waals surface area contributed by atoms with Crippen LogP contribution in [-0.2, 0) is 4.79 Å². The Hall–Kier alpha value is -2.72. The monoisotopic (exact) mass is 315 g/mol. The lowest BCUT2D eigenvalue weighted by Gasteiger charge is -2.05. The second-order valence-corrected chi connectivity index (χ2v) is 5.14.